The van der Waals surface area contributed by atoms with Crippen molar-refractivity contribution in [2.24, 2.45) is 18.9 Å². The highest BCUT2D eigenvalue weighted by Crippen LogP contribution is 2.31. The van der Waals surface area contributed by atoms with E-state index < -0.39 is 15.8 Å². The van der Waals surface area contributed by atoms with Gasteiger partial charge in [-0.15, -0.1) is 0 Å². The molecule has 7 nitrogen and oxygen atoms in total. The summed E-state index contributed by atoms with van der Waals surface area (Å²) in [5.41, 5.74) is 0.890. The highest BCUT2D eigenvalue weighted by atomic mass is 32.2. The largest absolute Gasteiger partial charge is 0.419 e. The summed E-state index contributed by atoms with van der Waals surface area (Å²) in [6.45, 7) is 2.86. The minimum absolute atomic E-state index is 0.183. The minimum atomic E-state index is -3.54. The summed E-state index contributed by atoms with van der Waals surface area (Å²) in [7, 11) is -1.95. The predicted octanol–water partition coefficient (Wildman–Crippen LogP) is -0.0286. The van der Waals surface area contributed by atoms with Crippen LogP contribution in [-0.2, 0) is 17.1 Å². The second-order valence-corrected chi connectivity index (χ2v) is 7.99. The Morgan fingerprint density at radius 1 is 1.23 bits per heavy atom. The molecule has 8 heteroatoms. The van der Waals surface area contributed by atoms with Gasteiger partial charge in [0.25, 0.3) is 0 Å². The van der Waals surface area contributed by atoms with Gasteiger partial charge in [-0.05, 0) is 37.1 Å². The van der Waals surface area contributed by atoms with Crippen molar-refractivity contribution in [1.82, 2.24) is 14.2 Å². The fourth-order valence-corrected chi connectivity index (χ4v) is 5.00. The van der Waals surface area contributed by atoms with Gasteiger partial charge in [0.1, 0.15) is 0 Å². The van der Waals surface area contributed by atoms with Crippen LogP contribution in [0.2, 0.25) is 0 Å². The van der Waals surface area contributed by atoms with E-state index in [9.17, 15) is 13.2 Å². The van der Waals surface area contributed by atoms with Crippen molar-refractivity contribution in [3.8, 4) is 0 Å². The Kier molecular flexibility index (Phi) is 2.97. The molecule has 2 saturated heterocycles. The van der Waals surface area contributed by atoms with Crippen LogP contribution >= 0.6 is 0 Å². The first-order valence-corrected chi connectivity index (χ1v) is 8.71. The Balaban J connectivity index is 1.72. The summed E-state index contributed by atoms with van der Waals surface area (Å²) in [6, 6.07) is 4.60. The quantitative estimate of drug-likeness (QED) is 0.839. The number of nitrogens with one attached hydrogen (secondary N) is 1. The van der Waals surface area contributed by atoms with Crippen molar-refractivity contribution >= 4 is 21.1 Å². The van der Waals surface area contributed by atoms with Crippen molar-refractivity contribution < 1.29 is 12.8 Å². The Morgan fingerprint density at radius 3 is 2.59 bits per heavy atom. The molecule has 2 fully saturated rings. The van der Waals surface area contributed by atoms with Crippen LogP contribution in [0.5, 0.6) is 0 Å². The zero-order valence-corrected chi connectivity index (χ0v) is 13.0. The number of hydrogen-bond donors (Lipinski definition) is 1. The average Bonchev–Trinajstić information content (AvgIpc) is 3.13. The van der Waals surface area contributed by atoms with E-state index in [0.717, 1.165) is 13.1 Å². The highest BCUT2D eigenvalue weighted by molar-refractivity contribution is 7.89. The molecule has 0 amide bonds. The van der Waals surface area contributed by atoms with E-state index in [0.29, 0.717) is 36.0 Å². The zero-order valence-electron chi connectivity index (χ0n) is 12.2. The number of aryl methyl sites for hydroxylation is 1. The molecule has 1 aromatic heterocycles. The van der Waals surface area contributed by atoms with Gasteiger partial charge in [-0.25, -0.2) is 13.2 Å². The Hall–Kier alpha value is -1.64. The highest BCUT2D eigenvalue weighted by Gasteiger charge is 2.41. The molecule has 118 valence electrons. The summed E-state index contributed by atoms with van der Waals surface area (Å²) < 4.78 is 33.6. The van der Waals surface area contributed by atoms with Crippen LogP contribution in [0.15, 0.2) is 32.3 Å². The molecular formula is C14H17N3O4S. The summed E-state index contributed by atoms with van der Waals surface area (Å²) in [5.74, 6) is 0.299. The normalized spacial score (nSPS) is 25.9. The van der Waals surface area contributed by atoms with E-state index in [1.165, 1.54) is 10.6 Å². The van der Waals surface area contributed by atoms with Crippen molar-refractivity contribution in [3.05, 3.63) is 28.7 Å². The molecule has 0 saturated carbocycles. The monoisotopic (exact) mass is 323 g/mol. The number of oxazole rings is 1. The van der Waals surface area contributed by atoms with Crippen molar-refractivity contribution in [2.75, 3.05) is 26.2 Å². The Labute approximate surface area is 127 Å². The third-order valence-corrected chi connectivity index (χ3v) is 6.59. The van der Waals surface area contributed by atoms with E-state index in [2.05, 4.69) is 5.32 Å². The third kappa shape index (κ3) is 1.94. The average molecular weight is 323 g/mol. The van der Waals surface area contributed by atoms with E-state index in [1.54, 1.807) is 23.5 Å². The number of sulfonamides is 1. The lowest BCUT2D eigenvalue weighted by molar-refractivity contribution is 0.448. The number of hydrogen-bond acceptors (Lipinski definition) is 5. The van der Waals surface area contributed by atoms with Crippen LogP contribution in [0.25, 0.3) is 11.1 Å². The maximum absolute atomic E-state index is 12.8. The molecule has 2 aromatic rings. The first-order valence-electron chi connectivity index (χ1n) is 7.27. The van der Waals surface area contributed by atoms with Crippen LogP contribution in [0.4, 0.5) is 0 Å². The fraction of sp³-hybridized carbons (Fsp3) is 0.500. The van der Waals surface area contributed by atoms with E-state index in [1.807, 2.05) is 0 Å². The van der Waals surface area contributed by atoms with Gasteiger partial charge in [0.05, 0.1) is 10.4 Å². The van der Waals surface area contributed by atoms with Gasteiger partial charge in [-0.3, -0.25) is 4.57 Å². The number of rotatable bonds is 2. The molecular weight excluding hydrogens is 306 g/mol. The molecule has 1 aromatic carbocycles. The van der Waals surface area contributed by atoms with E-state index in [4.69, 9.17) is 4.42 Å². The maximum Gasteiger partial charge on any atom is 0.419 e. The summed E-state index contributed by atoms with van der Waals surface area (Å²) in [5, 5.41) is 3.30. The molecule has 0 bridgehead atoms. The van der Waals surface area contributed by atoms with Crippen LogP contribution in [0, 0.1) is 11.8 Å². The van der Waals surface area contributed by atoms with Crippen molar-refractivity contribution in [1.29, 1.82) is 0 Å². The maximum atomic E-state index is 12.8. The number of benzene rings is 1. The van der Waals surface area contributed by atoms with E-state index >= 15 is 0 Å². The molecule has 0 spiro atoms. The smallest absolute Gasteiger partial charge is 0.408 e. The van der Waals surface area contributed by atoms with Crippen LogP contribution in [-0.4, -0.2) is 43.5 Å². The summed E-state index contributed by atoms with van der Waals surface area (Å²) in [6.07, 6.45) is 0. The second-order valence-electron chi connectivity index (χ2n) is 6.06. The number of aromatic nitrogens is 1. The zero-order chi connectivity index (χ0) is 15.5. The van der Waals surface area contributed by atoms with Gasteiger partial charge in [-0.2, -0.15) is 4.31 Å². The van der Waals surface area contributed by atoms with Crippen molar-refractivity contribution in [3.63, 3.8) is 0 Å². The van der Waals surface area contributed by atoms with Gasteiger partial charge in [0.15, 0.2) is 5.58 Å². The molecule has 0 aliphatic carbocycles. The fourth-order valence-electron chi connectivity index (χ4n) is 3.43. The minimum Gasteiger partial charge on any atom is -0.408 e. The molecule has 2 aliphatic heterocycles. The van der Waals surface area contributed by atoms with Gasteiger partial charge in [-0.1, -0.05) is 0 Å². The number of nitrogens with zero attached hydrogens (tertiary/aromatic N) is 2. The lowest BCUT2D eigenvalue weighted by Gasteiger charge is -2.17. The van der Waals surface area contributed by atoms with Crippen LogP contribution in [0.3, 0.4) is 0 Å². The predicted molar refractivity (Wildman–Crippen MR) is 80.1 cm³/mol. The van der Waals surface area contributed by atoms with Gasteiger partial charge >= 0.3 is 5.76 Å². The van der Waals surface area contributed by atoms with E-state index in [-0.39, 0.29) is 4.90 Å². The molecule has 0 radical (unpaired) electrons. The lowest BCUT2D eigenvalue weighted by atomic mass is 10.0. The Bertz CT molecular complexity index is 886. The van der Waals surface area contributed by atoms with Crippen molar-refractivity contribution in [2.45, 2.75) is 4.90 Å². The molecule has 4 rings (SSSR count). The topological polar surface area (TPSA) is 84.5 Å². The Morgan fingerprint density at radius 2 is 1.91 bits per heavy atom. The molecule has 3 heterocycles. The van der Waals surface area contributed by atoms with Gasteiger partial charge in [0, 0.05) is 26.2 Å². The van der Waals surface area contributed by atoms with Crippen LogP contribution < -0.4 is 11.1 Å². The summed E-state index contributed by atoms with van der Waals surface area (Å²) >= 11 is 0. The summed E-state index contributed by atoms with van der Waals surface area (Å²) in [4.78, 5) is 11.7. The third-order valence-electron chi connectivity index (χ3n) is 4.76. The molecule has 2 atom stereocenters. The number of fused-ring (bicyclic) bond motifs is 2. The lowest BCUT2D eigenvalue weighted by Crippen LogP contribution is -2.31. The molecule has 0 unspecified atom stereocenters. The SMILES string of the molecule is Cn1c(=O)oc2cc(S(=O)(=O)N3C[C@H]4CNC[C@H]4C3)ccc21. The van der Waals surface area contributed by atoms with Crippen LogP contribution in [0.1, 0.15) is 0 Å². The first-order chi connectivity index (χ1) is 10.5. The standard InChI is InChI=1S/C14H17N3O4S/c1-16-12-3-2-11(4-13(12)21-14(16)18)22(19,20)17-7-9-5-15-6-10(9)8-17/h2-4,9-10,15H,5-8H2,1H3/t9-,10+. The van der Waals surface area contributed by atoms with Gasteiger partial charge < -0.3 is 9.73 Å². The molecule has 22 heavy (non-hydrogen) atoms. The second kappa shape index (κ2) is 4.68. The molecule has 1 N–H and O–H groups in total. The molecule has 2 aliphatic rings. The van der Waals surface area contributed by atoms with Gasteiger partial charge in [0.2, 0.25) is 10.0 Å². The first kappa shape index (κ1) is 14.0.